The van der Waals surface area contributed by atoms with Gasteiger partial charge in [-0.15, -0.1) is 0 Å². The van der Waals surface area contributed by atoms with Gasteiger partial charge in [0.05, 0.1) is 17.5 Å². The summed E-state index contributed by atoms with van der Waals surface area (Å²) in [5.41, 5.74) is 8.01. The van der Waals surface area contributed by atoms with Crippen LogP contribution in [0, 0.1) is 0 Å². The highest BCUT2D eigenvalue weighted by Gasteiger charge is 2.38. The molecule has 2 aromatic rings. The Morgan fingerprint density at radius 3 is 2.75 bits per heavy atom. The smallest absolute Gasteiger partial charge is 0.252 e. The van der Waals surface area contributed by atoms with Crippen LogP contribution in [-0.2, 0) is 16.0 Å². The van der Waals surface area contributed by atoms with Crippen molar-refractivity contribution in [2.45, 2.75) is 25.8 Å². The number of benzene rings is 1. The van der Waals surface area contributed by atoms with Crippen molar-refractivity contribution >= 4 is 28.5 Å². The summed E-state index contributed by atoms with van der Waals surface area (Å²) < 4.78 is 1.87. The molecule has 1 aliphatic rings. The Morgan fingerprint density at radius 1 is 1.40 bits per heavy atom. The number of likely N-dealkylation sites (N-methyl/N-ethyl adjacent to an activating group) is 1. The number of amides is 2. The molecule has 0 saturated carbocycles. The molecule has 2 N–H and O–H groups in total. The SMILES string of the molecule is CCc1nc2cc(N)ccc2n1C1CC(=O)N(C)C1=O. The molecule has 0 spiro atoms. The van der Waals surface area contributed by atoms with Crippen LogP contribution < -0.4 is 5.73 Å². The van der Waals surface area contributed by atoms with E-state index in [1.165, 1.54) is 11.9 Å². The highest BCUT2D eigenvalue weighted by Crippen LogP contribution is 2.30. The number of anilines is 1. The zero-order valence-corrected chi connectivity index (χ0v) is 11.5. The second-order valence-corrected chi connectivity index (χ2v) is 5.01. The Bertz CT molecular complexity index is 719. The quantitative estimate of drug-likeness (QED) is 0.656. The largest absolute Gasteiger partial charge is 0.399 e. The summed E-state index contributed by atoms with van der Waals surface area (Å²) >= 11 is 0. The van der Waals surface area contributed by atoms with Gasteiger partial charge in [-0.2, -0.15) is 0 Å². The number of carbonyl (C=O) groups is 2. The number of likely N-dealkylation sites (tertiary alicyclic amines) is 1. The molecule has 6 nitrogen and oxygen atoms in total. The summed E-state index contributed by atoms with van der Waals surface area (Å²) in [5, 5.41) is 0. The molecule has 2 amide bonds. The first-order valence-electron chi connectivity index (χ1n) is 6.59. The van der Waals surface area contributed by atoms with Gasteiger partial charge in [-0.25, -0.2) is 4.98 Å². The minimum Gasteiger partial charge on any atom is -0.399 e. The van der Waals surface area contributed by atoms with Crippen molar-refractivity contribution in [3.63, 3.8) is 0 Å². The predicted octanol–water partition coefficient (Wildman–Crippen LogP) is 1.11. The van der Waals surface area contributed by atoms with Crippen LogP contribution in [0.3, 0.4) is 0 Å². The second kappa shape index (κ2) is 4.33. The van der Waals surface area contributed by atoms with Gasteiger partial charge in [0, 0.05) is 19.2 Å². The Morgan fingerprint density at radius 2 is 2.15 bits per heavy atom. The third kappa shape index (κ3) is 1.68. The minimum atomic E-state index is -0.490. The molecule has 1 atom stereocenters. The van der Waals surface area contributed by atoms with Crippen molar-refractivity contribution in [1.29, 1.82) is 0 Å². The average Bonchev–Trinajstić information content (AvgIpc) is 2.90. The van der Waals surface area contributed by atoms with Gasteiger partial charge in [-0.1, -0.05) is 6.92 Å². The predicted molar refractivity (Wildman–Crippen MR) is 75.0 cm³/mol. The molecule has 1 aromatic carbocycles. The molecule has 0 bridgehead atoms. The fraction of sp³-hybridized carbons (Fsp3) is 0.357. The number of imide groups is 1. The van der Waals surface area contributed by atoms with Crippen LogP contribution in [-0.4, -0.2) is 33.3 Å². The summed E-state index contributed by atoms with van der Waals surface area (Å²) in [4.78, 5) is 29.7. The number of carbonyl (C=O) groups excluding carboxylic acids is 2. The zero-order valence-electron chi connectivity index (χ0n) is 11.5. The zero-order chi connectivity index (χ0) is 14.4. The number of nitrogen functional groups attached to an aromatic ring is 1. The standard InChI is InChI=1S/C14H16N4O2/c1-3-12-16-9-6-8(15)4-5-10(9)18(12)11-7-13(19)17(2)14(11)20/h4-6,11H,3,7,15H2,1-2H3. The number of aromatic nitrogens is 2. The van der Waals surface area contributed by atoms with Gasteiger partial charge in [0.15, 0.2) is 0 Å². The van der Waals surface area contributed by atoms with E-state index in [4.69, 9.17) is 5.73 Å². The van der Waals surface area contributed by atoms with Crippen LogP contribution in [0.5, 0.6) is 0 Å². The highest BCUT2D eigenvalue weighted by molar-refractivity contribution is 6.04. The molecule has 20 heavy (non-hydrogen) atoms. The molecule has 1 aromatic heterocycles. The van der Waals surface area contributed by atoms with Gasteiger partial charge in [-0.3, -0.25) is 14.5 Å². The first kappa shape index (κ1) is 12.7. The number of fused-ring (bicyclic) bond motifs is 1. The minimum absolute atomic E-state index is 0.153. The van der Waals surface area contributed by atoms with Crippen molar-refractivity contribution in [2.75, 3.05) is 12.8 Å². The normalized spacial score (nSPS) is 19.3. The lowest BCUT2D eigenvalue weighted by Gasteiger charge is -2.14. The first-order chi connectivity index (χ1) is 9.52. The van der Waals surface area contributed by atoms with Crippen LogP contribution in [0.25, 0.3) is 11.0 Å². The van der Waals surface area contributed by atoms with E-state index in [2.05, 4.69) is 4.98 Å². The van der Waals surface area contributed by atoms with E-state index < -0.39 is 6.04 Å². The molecule has 2 heterocycles. The fourth-order valence-corrected chi connectivity index (χ4v) is 2.70. The van der Waals surface area contributed by atoms with Crippen LogP contribution in [0.4, 0.5) is 5.69 Å². The van der Waals surface area contributed by atoms with Crippen molar-refractivity contribution in [3.8, 4) is 0 Å². The Hall–Kier alpha value is -2.37. The maximum atomic E-state index is 12.2. The molecule has 1 aliphatic heterocycles. The third-order valence-electron chi connectivity index (χ3n) is 3.77. The van der Waals surface area contributed by atoms with Crippen molar-refractivity contribution in [2.24, 2.45) is 0 Å². The van der Waals surface area contributed by atoms with Gasteiger partial charge in [0.2, 0.25) is 5.91 Å². The molecule has 104 valence electrons. The van der Waals surface area contributed by atoms with Crippen molar-refractivity contribution < 1.29 is 9.59 Å². The van der Waals surface area contributed by atoms with E-state index in [-0.39, 0.29) is 18.2 Å². The summed E-state index contributed by atoms with van der Waals surface area (Å²) in [5.74, 6) is 0.465. The van der Waals surface area contributed by atoms with Gasteiger partial charge in [-0.05, 0) is 18.2 Å². The summed E-state index contributed by atoms with van der Waals surface area (Å²) in [6.45, 7) is 1.98. The van der Waals surface area contributed by atoms with Crippen molar-refractivity contribution in [1.82, 2.24) is 14.5 Å². The number of imidazole rings is 1. The number of aryl methyl sites for hydroxylation is 1. The maximum absolute atomic E-state index is 12.2. The average molecular weight is 272 g/mol. The van der Waals surface area contributed by atoms with E-state index in [1.54, 1.807) is 12.1 Å². The maximum Gasteiger partial charge on any atom is 0.252 e. The van der Waals surface area contributed by atoms with Crippen LogP contribution in [0.2, 0.25) is 0 Å². The lowest BCUT2D eigenvalue weighted by molar-refractivity contribution is -0.137. The van der Waals surface area contributed by atoms with Gasteiger partial charge < -0.3 is 10.3 Å². The van der Waals surface area contributed by atoms with E-state index in [1.807, 2.05) is 17.6 Å². The molecular formula is C14H16N4O2. The molecule has 1 unspecified atom stereocenters. The van der Waals surface area contributed by atoms with Crippen LogP contribution in [0.1, 0.15) is 25.2 Å². The monoisotopic (exact) mass is 272 g/mol. The molecule has 6 heteroatoms. The second-order valence-electron chi connectivity index (χ2n) is 5.01. The van der Waals surface area contributed by atoms with Gasteiger partial charge in [0.1, 0.15) is 11.9 Å². The topological polar surface area (TPSA) is 81.2 Å². The van der Waals surface area contributed by atoms with Gasteiger partial charge in [0.25, 0.3) is 5.91 Å². The fourth-order valence-electron chi connectivity index (χ4n) is 2.70. The van der Waals surface area contributed by atoms with Crippen LogP contribution in [0.15, 0.2) is 18.2 Å². The molecule has 0 aliphatic carbocycles. The number of nitrogens with zero attached hydrogens (tertiary/aromatic N) is 3. The van der Waals surface area contributed by atoms with E-state index in [9.17, 15) is 9.59 Å². The number of hydrogen-bond donors (Lipinski definition) is 1. The van der Waals surface area contributed by atoms with E-state index >= 15 is 0 Å². The van der Waals surface area contributed by atoms with E-state index in [0.29, 0.717) is 12.1 Å². The summed E-state index contributed by atoms with van der Waals surface area (Å²) in [7, 11) is 1.52. The molecule has 1 fully saturated rings. The van der Waals surface area contributed by atoms with Crippen LogP contribution >= 0.6 is 0 Å². The molecule has 1 saturated heterocycles. The lowest BCUT2D eigenvalue weighted by atomic mass is 10.2. The van der Waals surface area contributed by atoms with Crippen molar-refractivity contribution in [3.05, 3.63) is 24.0 Å². The number of rotatable bonds is 2. The summed E-state index contributed by atoms with van der Waals surface area (Å²) in [6.07, 6.45) is 0.883. The highest BCUT2D eigenvalue weighted by atomic mass is 16.2. The Kier molecular flexibility index (Phi) is 2.74. The molecular weight excluding hydrogens is 256 g/mol. The first-order valence-corrected chi connectivity index (χ1v) is 6.59. The van der Waals surface area contributed by atoms with E-state index in [0.717, 1.165) is 16.9 Å². The number of nitrogens with two attached hydrogens (primary N) is 1. The molecule has 0 radical (unpaired) electrons. The molecule has 3 rings (SSSR count). The third-order valence-corrected chi connectivity index (χ3v) is 3.77. The Labute approximate surface area is 116 Å². The number of hydrogen-bond acceptors (Lipinski definition) is 4. The lowest BCUT2D eigenvalue weighted by Crippen LogP contribution is -2.27. The van der Waals surface area contributed by atoms with Gasteiger partial charge >= 0.3 is 0 Å². The Balaban J connectivity index is 2.20. The summed E-state index contributed by atoms with van der Waals surface area (Å²) in [6, 6.07) is 4.93.